The number of carbonyl (C=O) groups excluding carboxylic acids is 1. The van der Waals surface area contributed by atoms with Gasteiger partial charge in [-0.2, -0.15) is 0 Å². The van der Waals surface area contributed by atoms with Gasteiger partial charge in [-0.1, -0.05) is 12.1 Å². The average Bonchev–Trinajstić information content (AvgIpc) is 3.02. The van der Waals surface area contributed by atoms with Crippen molar-refractivity contribution in [2.45, 2.75) is 13.0 Å². The van der Waals surface area contributed by atoms with Crippen molar-refractivity contribution in [1.29, 1.82) is 0 Å². The smallest absolute Gasteiger partial charge is 0.263 e. The molecular formula is C15H13FN2O3S2. The molecule has 1 N–H and O–H groups in total. The molecule has 1 unspecified atom stereocenters. The maximum atomic E-state index is 13.8. The molecule has 0 radical (unpaired) electrons. The van der Waals surface area contributed by atoms with E-state index in [0.717, 1.165) is 16.7 Å². The highest BCUT2D eigenvalue weighted by molar-refractivity contribution is 7.94. The first-order chi connectivity index (χ1) is 10.9. The zero-order valence-electron chi connectivity index (χ0n) is 12.1. The molecule has 0 spiro atoms. The zero-order valence-corrected chi connectivity index (χ0v) is 13.7. The summed E-state index contributed by atoms with van der Waals surface area (Å²) in [4.78, 5) is 16.9. The summed E-state index contributed by atoms with van der Waals surface area (Å²) in [6, 6.07) is 5.66. The second-order valence-corrected chi connectivity index (χ2v) is 8.08. The van der Waals surface area contributed by atoms with E-state index in [2.05, 4.69) is 10.3 Å². The molecule has 1 aliphatic heterocycles. The molecular weight excluding hydrogens is 339 g/mol. The van der Waals surface area contributed by atoms with Crippen LogP contribution in [0.4, 0.5) is 4.39 Å². The molecule has 0 saturated carbocycles. The van der Waals surface area contributed by atoms with Crippen molar-refractivity contribution in [3.05, 3.63) is 52.1 Å². The Kier molecular flexibility index (Phi) is 4.03. The predicted octanol–water partition coefficient (Wildman–Crippen LogP) is 2.30. The Hall–Kier alpha value is -2.06. The van der Waals surface area contributed by atoms with Crippen molar-refractivity contribution in [1.82, 2.24) is 10.3 Å². The largest absolute Gasteiger partial charge is 0.344 e. The number of hydrogen-bond acceptors (Lipinski definition) is 5. The highest BCUT2D eigenvalue weighted by Gasteiger charge is 2.25. The van der Waals surface area contributed by atoms with Crippen molar-refractivity contribution in [2.24, 2.45) is 0 Å². The lowest BCUT2D eigenvalue weighted by Gasteiger charge is -2.08. The Morgan fingerprint density at radius 2 is 2.13 bits per heavy atom. The van der Waals surface area contributed by atoms with E-state index in [9.17, 15) is 17.6 Å². The quantitative estimate of drug-likeness (QED) is 0.920. The molecule has 1 atom stereocenters. The molecule has 0 aliphatic carbocycles. The average molecular weight is 352 g/mol. The number of amides is 1. The number of rotatable bonds is 3. The SMILES string of the molecule is Cc1nc(-c2ccccc2F)sc1C(=O)NC1C=CS(=O)(=O)C1. The number of carbonyl (C=O) groups is 1. The second kappa shape index (κ2) is 5.86. The minimum absolute atomic E-state index is 0.142. The highest BCUT2D eigenvalue weighted by atomic mass is 32.2. The van der Waals surface area contributed by atoms with Crippen LogP contribution in [0, 0.1) is 12.7 Å². The van der Waals surface area contributed by atoms with E-state index in [-0.39, 0.29) is 5.75 Å². The molecule has 2 aromatic rings. The Morgan fingerprint density at radius 3 is 2.78 bits per heavy atom. The van der Waals surface area contributed by atoms with Crippen LogP contribution in [0.3, 0.4) is 0 Å². The van der Waals surface area contributed by atoms with Crippen molar-refractivity contribution in [3.8, 4) is 10.6 Å². The molecule has 1 aromatic carbocycles. The number of halogens is 1. The lowest BCUT2D eigenvalue weighted by atomic mass is 10.2. The van der Waals surface area contributed by atoms with Gasteiger partial charge in [0.25, 0.3) is 5.91 Å². The number of sulfone groups is 1. The first-order valence-electron chi connectivity index (χ1n) is 6.80. The van der Waals surface area contributed by atoms with Crippen LogP contribution in [-0.2, 0) is 9.84 Å². The summed E-state index contributed by atoms with van der Waals surface area (Å²) in [7, 11) is -3.23. The number of nitrogens with one attached hydrogen (secondary N) is 1. The molecule has 120 valence electrons. The minimum Gasteiger partial charge on any atom is -0.344 e. The predicted molar refractivity (Wildman–Crippen MR) is 86.4 cm³/mol. The van der Waals surface area contributed by atoms with Crippen LogP contribution >= 0.6 is 11.3 Å². The molecule has 0 fully saturated rings. The number of aromatic nitrogens is 1. The van der Waals surface area contributed by atoms with E-state index < -0.39 is 27.6 Å². The third-order valence-electron chi connectivity index (χ3n) is 3.35. The van der Waals surface area contributed by atoms with Crippen LogP contribution in [-0.4, -0.2) is 31.1 Å². The lowest BCUT2D eigenvalue weighted by molar-refractivity contribution is 0.0951. The summed E-state index contributed by atoms with van der Waals surface area (Å²) >= 11 is 1.08. The standard InChI is InChI=1S/C15H13FN2O3S2/c1-9-13(14(19)18-10-6-7-23(20,21)8-10)22-15(17-9)11-4-2-3-5-12(11)16/h2-7,10H,8H2,1H3,(H,18,19). The first kappa shape index (κ1) is 15.8. The molecule has 2 heterocycles. The van der Waals surface area contributed by atoms with Gasteiger partial charge in [-0.15, -0.1) is 11.3 Å². The number of benzene rings is 1. The van der Waals surface area contributed by atoms with Crippen LogP contribution in [0.1, 0.15) is 15.4 Å². The summed E-state index contributed by atoms with van der Waals surface area (Å²) < 4.78 is 36.5. The van der Waals surface area contributed by atoms with Crippen molar-refractivity contribution in [3.63, 3.8) is 0 Å². The summed E-state index contributed by atoms with van der Waals surface area (Å²) in [5.74, 6) is -0.955. The van der Waals surface area contributed by atoms with Crippen LogP contribution in [0.15, 0.2) is 35.7 Å². The molecule has 3 rings (SSSR count). The van der Waals surface area contributed by atoms with E-state index in [1.54, 1.807) is 25.1 Å². The van der Waals surface area contributed by atoms with E-state index in [1.807, 2.05) is 0 Å². The normalized spacial score (nSPS) is 19.0. The van der Waals surface area contributed by atoms with Gasteiger partial charge in [0.15, 0.2) is 9.84 Å². The fourth-order valence-electron chi connectivity index (χ4n) is 2.26. The van der Waals surface area contributed by atoms with Gasteiger partial charge in [0.05, 0.1) is 17.5 Å². The van der Waals surface area contributed by atoms with Crippen LogP contribution < -0.4 is 5.32 Å². The Balaban J connectivity index is 1.83. The number of aryl methyl sites for hydroxylation is 1. The van der Waals surface area contributed by atoms with Gasteiger partial charge in [0, 0.05) is 11.0 Å². The molecule has 1 aromatic heterocycles. The van der Waals surface area contributed by atoms with Gasteiger partial charge in [-0.3, -0.25) is 4.79 Å². The maximum Gasteiger partial charge on any atom is 0.263 e. The van der Waals surface area contributed by atoms with E-state index in [1.165, 1.54) is 12.1 Å². The van der Waals surface area contributed by atoms with Gasteiger partial charge >= 0.3 is 0 Å². The first-order valence-corrected chi connectivity index (χ1v) is 9.33. The number of thiazole rings is 1. The molecule has 5 nitrogen and oxygen atoms in total. The topological polar surface area (TPSA) is 76.1 Å². The number of nitrogens with zero attached hydrogens (tertiary/aromatic N) is 1. The van der Waals surface area contributed by atoms with Gasteiger partial charge in [0.2, 0.25) is 0 Å². The Morgan fingerprint density at radius 1 is 1.39 bits per heavy atom. The van der Waals surface area contributed by atoms with Gasteiger partial charge in [-0.05, 0) is 25.1 Å². The molecule has 1 aliphatic rings. The summed E-state index contributed by atoms with van der Waals surface area (Å²) in [6.07, 6.45) is 1.45. The molecule has 23 heavy (non-hydrogen) atoms. The Labute approximate surface area is 136 Å². The van der Waals surface area contributed by atoms with E-state index >= 15 is 0 Å². The monoisotopic (exact) mass is 352 g/mol. The van der Waals surface area contributed by atoms with E-state index in [4.69, 9.17) is 0 Å². The van der Waals surface area contributed by atoms with E-state index in [0.29, 0.717) is 21.1 Å². The minimum atomic E-state index is -3.23. The summed E-state index contributed by atoms with van der Waals surface area (Å²) in [5.41, 5.74) is 0.818. The molecule has 0 bridgehead atoms. The van der Waals surface area contributed by atoms with Crippen molar-refractivity contribution in [2.75, 3.05) is 5.75 Å². The second-order valence-electron chi connectivity index (χ2n) is 5.15. The summed E-state index contributed by atoms with van der Waals surface area (Å²) in [6.45, 7) is 1.66. The number of hydrogen-bond donors (Lipinski definition) is 1. The van der Waals surface area contributed by atoms with Gasteiger partial charge < -0.3 is 5.32 Å². The fourth-order valence-corrected chi connectivity index (χ4v) is 4.49. The van der Waals surface area contributed by atoms with Crippen LogP contribution in [0.25, 0.3) is 10.6 Å². The van der Waals surface area contributed by atoms with Gasteiger partial charge in [0.1, 0.15) is 15.7 Å². The maximum absolute atomic E-state index is 13.8. The summed E-state index contributed by atoms with van der Waals surface area (Å²) in [5, 5.41) is 4.16. The van der Waals surface area contributed by atoms with Gasteiger partial charge in [-0.25, -0.2) is 17.8 Å². The lowest BCUT2D eigenvalue weighted by Crippen LogP contribution is -2.35. The molecule has 0 saturated heterocycles. The van der Waals surface area contributed by atoms with Crippen LogP contribution in [0.2, 0.25) is 0 Å². The van der Waals surface area contributed by atoms with Crippen molar-refractivity contribution < 1.29 is 17.6 Å². The zero-order chi connectivity index (χ0) is 16.6. The third kappa shape index (κ3) is 3.32. The third-order valence-corrected chi connectivity index (χ3v) is 5.94. The Bertz CT molecular complexity index is 903. The molecule has 1 amide bonds. The van der Waals surface area contributed by atoms with Crippen LogP contribution in [0.5, 0.6) is 0 Å². The van der Waals surface area contributed by atoms with Crippen molar-refractivity contribution >= 4 is 27.1 Å². The molecule has 8 heteroatoms. The highest BCUT2D eigenvalue weighted by Crippen LogP contribution is 2.29. The fraction of sp³-hybridized carbons (Fsp3) is 0.200.